The Morgan fingerprint density at radius 1 is 0.889 bits per heavy atom. The molecule has 0 atom stereocenters. The van der Waals surface area contributed by atoms with Crippen LogP contribution < -0.4 is 0 Å². The first kappa shape index (κ1) is 12.5. The van der Waals surface area contributed by atoms with Gasteiger partial charge in [0.15, 0.2) is 9.84 Å². The molecule has 0 bridgehead atoms. The molecule has 0 unspecified atom stereocenters. The topological polar surface area (TPSA) is 34.1 Å². The maximum absolute atomic E-state index is 12.7. The predicted molar refractivity (Wildman–Crippen MR) is 69.1 cm³/mol. The molecule has 0 heterocycles. The fourth-order valence-corrected chi connectivity index (χ4v) is 2.46. The lowest BCUT2D eigenvalue weighted by Gasteiger charge is -1.98. The summed E-state index contributed by atoms with van der Waals surface area (Å²) in [7, 11) is -3.44. The van der Waals surface area contributed by atoms with E-state index in [1.54, 1.807) is 18.2 Å². The zero-order valence-electron chi connectivity index (χ0n) is 9.45. The standard InChI is InChI=1S/C14H11FO2S/c15-13-8-6-12(7-9-13)10-11-18(16,17)14-4-2-1-3-5-14/h1-11H/b11-10+. The lowest BCUT2D eigenvalue weighted by Crippen LogP contribution is -1.95. The zero-order chi connectivity index (χ0) is 13.0. The summed E-state index contributed by atoms with van der Waals surface area (Å²) in [4.78, 5) is 0.239. The lowest BCUT2D eigenvalue weighted by atomic mass is 10.2. The van der Waals surface area contributed by atoms with Crippen molar-refractivity contribution in [3.05, 3.63) is 71.4 Å². The van der Waals surface area contributed by atoms with Gasteiger partial charge in [-0.2, -0.15) is 0 Å². The van der Waals surface area contributed by atoms with Crippen molar-refractivity contribution in [2.75, 3.05) is 0 Å². The molecular formula is C14H11FO2S. The van der Waals surface area contributed by atoms with E-state index in [1.165, 1.54) is 42.5 Å². The summed E-state index contributed by atoms with van der Waals surface area (Å²) in [5.74, 6) is -0.349. The van der Waals surface area contributed by atoms with Gasteiger partial charge in [-0.05, 0) is 35.9 Å². The average molecular weight is 262 g/mol. The highest BCUT2D eigenvalue weighted by molar-refractivity contribution is 7.94. The summed E-state index contributed by atoms with van der Waals surface area (Å²) >= 11 is 0. The average Bonchev–Trinajstić information content (AvgIpc) is 2.39. The molecule has 0 amide bonds. The molecule has 0 saturated carbocycles. The summed E-state index contributed by atoms with van der Waals surface area (Å²) in [6.45, 7) is 0. The van der Waals surface area contributed by atoms with Crippen LogP contribution in [0.2, 0.25) is 0 Å². The number of benzene rings is 2. The highest BCUT2D eigenvalue weighted by Gasteiger charge is 2.08. The van der Waals surface area contributed by atoms with Gasteiger partial charge in [0.1, 0.15) is 5.82 Å². The van der Waals surface area contributed by atoms with Crippen LogP contribution in [0.1, 0.15) is 5.56 Å². The van der Waals surface area contributed by atoms with Gasteiger partial charge in [0.05, 0.1) is 4.90 Å². The molecule has 0 aliphatic rings. The molecule has 4 heteroatoms. The normalized spacial score (nSPS) is 11.8. The van der Waals surface area contributed by atoms with E-state index in [9.17, 15) is 12.8 Å². The molecule has 0 spiro atoms. The third-order valence-corrected chi connectivity index (χ3v) is 3.81. The van der Waals surface area contributed by atoms with Crippen LogP contribution in [0.3, 0.4) is 0 Å². The van der Waals surface area contributed by atoms with Crippen LogP contribution in [0, 0.1) is 5.82 Å². The van der Waals surface area contributed by atoms with E-state index < -0.39 is 9.84 Å². The first-order valence-corrected chi connectivity index (χ1v) is 6.86. The summed E-state index contributed by atoms with van der Waals surface area (Å²) in [5, 5.41) is 1.12. The smallest absolute Gasteiger partial charge is 0.199 e. The zero-order valence-corrected chi connectivity index (χ0v) is 10.3. The Bertz CT molecular complexity index is 644. The van der Waals surface area contributed by atoms with E-state index in [0.29, 0.717) is 5.56 Å². The second kappa shape index (κ2) is 5.14. The molecule has 2 rings (SSSR count). The van der Waals surface area contributed by atoms with Gasteiger partial charge >= 0.3 is 0 Å². The Morgan fingerprint density at radius 2 is 1.50 bits per heavy atom. The second-order valence-electron chi connectivity index (χ2n) is 3.71. The van der Waals surface area contributed by atoms with E-state index in [-0.39, 0.29) is 10.7 Å². The van der Waals surface area contributed by atoms with E-state index in [1.807, 2.05) is 0 Å². The first-order chi connectivity index (χ1) is 8.58. The van der Waals surface area contributed by atoms with E-state index in [0.717, 1.165) is 5.41 Å². The molecule has 0 N–H and O–H groups in total. The number of hydrogen-bond donors (Lipinski definition) is 0. The third-order valence-electron chi connectivity index (χ3n) is 2.38. The first-order valence-electron chi connectivity index (χ1n) is 5.32. The molecular weight excluding hydrogens is 251 g/mol. The maximum atomic E-state index is 12.7. The number of sulfone groups is 1. The van der Waals surface area contributed by atoms with Crippen molar-refractivity contribution in [3.63, 3.8) is 0 Å². The predicted octanol–water partition coefficient (Wildman–Crippen LogP) is 3.27. The van der Waals surface area contributed by atoms with Crippen molar-refractivity contribution in [3.8, 4) is 0 Å². The molecule has 2 aromatic carbocycles. The Morgan fingerprint density at radius 3 is 2.11 bits per heavy atom. The minimum atomic E-state index is -3.44. The van der Waals surface area contributed by atoms with Gasteiger partial charge in [-0.25, -0.2) is 12.8 Å². The molecule has 92 valence electrons. The van der Waals surface area contributed by atoms with Crippen LogP contribution in [0.5, 0.6) is 0 Å². The van der Waals surface area contributed by atoms with Crippen molar-refractivity contribution in [2.24, 2.45) is 0 Å². The summed E-state index contributed by atoms with van der Waals surface area (Å²) in [6, 6.07) is 13.8. The van der Waals surface area contributed by atoms with Crippen LogP contribution in [-0.4, -0.2) is 8.42 Å². The number of hydrogen-bond acceptors (Lipinski definition) is 2. The third kappa shape index (κ3) is 3.05. The van der Waals surface area contributed by atoms with E-state index in [2.05, 4.69) is 0 Å². The van der Waals surface area contributed by atoms with Crippen LogP contribution in [0.15, 0.2) is 64.9 Å². The van der Waals surface area contributed by atoms with Gasteiger partial charge in [0.2, 0.25) is 0 Å². The fourth-order valence-electron chi connectivity index (χ4n) is 1.43. The molecule has 0 aliphatic carbocycles. The van der Waals surface area contributed by atoms with Gasteiger partial charge in [0, 0.05) is 5.41 Å². The summed E-state index contributed by atoms with van der Waals surface area (Å²) in [6.07, 6.45) is 1.45. The largest absolute Gasteiger partial charge is 0.219 e. The van der Waals surface area contributed by atoms with Gasteiger partial charge in [-0.15, -0.1) is 0 Å². The van der Waals surface area contributed by atoms with Crippen LogP contribution in [0.25, 0.3) is 6.08 Å². The molecule has 0 aliphatic heterocycles. The number of halogens is 1. The Kier molecular flexibility index (Phi) is 3.58. The number of rotatable bonds is 3. The summed E-state index contributed by atoms with van der Waals surface area (Å²) < 4.78 is 36.5. The monoisotopic (exact) mass is 262 g/mol. The summed E-state index contributed by atoms with van der Waals surface area (Å²) in [5.41, 5.74) is 0.635. The van der Waals surface area contributed by atoms with Crippen molar-refractivity contribution in [2.45, 2.75) is 4.90 Å². The van der Waals surface area contributed by atoms with E-state index >= 15 is 0 Å². The van der Waals surface area contributed by atoms with Crippen molar-refractivity contribution >= 4 is 15.9 Å². The fraction of sp³-hybridized carbons (Fsp3) is 0. The molecule has 0 saturated heterocycles. The molecule has 2 nitrogen and oxygen atoms in total. The van der Waals surface area contributed by atoms with Crippen molar-refractivity contribution in [1.29, 1.82) is 0 Å². The van der Waals surface area contributed by atoms with Gasteiger partial charge in [-0.3, -0.25) is 0 Å². The molecule has 0 radical (unpaired) electrons. The van der Waals surface area contributed by atoms with Crippen LogP contribution in [0.4, 0.5) is 4.39 Å². The van der Waals surface area contributed by atoms with E-state index in [4.69, 9.17) is 0 Å². The SMILES string of the molecule is O=S(=O)(/C=C/c1ccc(F)cc1)c1ccccc1. The Labute approximate surface area is 105 Å². The minimum absolute atomic E-state index is 0.239. The molecule has 2 aromatic rings. The molecule has 18 heavy (non-hydrogen) atoms. The van der Waals surface area contributed by atoms with Gasteiger partial charge < -0.3 is 0 Å². The van der Waals surface area contributed by atoms with Gasteiger partial charge in [-0.1, -0.05) is 30.3 Å². The highest BCUT2D eigenvalue weighted by atomic mass is 32.2. The quantitative estimate of drug-likeness (QED) is 0.850. The Balaban J connectivity index is 2.26. The van der Waals surface area contributed by atoms with Crippen LogP contribution in [-0.2, 0) is 9.84 Å². The minimum Gasteiger partial charge on any atom is -0.219 e. The second-order valence-corrected chi connectivity index (χ2v) is 5.55. The van der Waals surface area contributed by atoms with Crippen LogP contribution >= 0.6 is 0 Å². The molecule has 0 fully saturated rings. The van der Waals surface area contributed by atoms with Crippen molar-refractivity contribution < 1.29 is 12.8 Å². The van der Waals surface area contributed by atoms with Gasteiger partial charge in [0.25, 0.3) is 0 Å². The Hall–Kier alpha value is -1.94. The maximum Gasteiger partial charge on any atom is 0.199 e. The lowest BCUT2D eigenvalue weighted by molar-refractivity contribution is 0.605. The molecule has 0 aromatic heterocycles. The van der Waals surface area contributed by atoms with Crippen molar-refractivity contribution in [1.82, 2.24) is 0 Å². The highest BCUT2D eigenvalue weighted by Crippen LogP contribution is 2.13.